The predicted octanol–water partition coefficient (Wildman–Crippen LogP) is 3.92. The first kappa shape index (κ1) is 18.6. The van der Waals surface area contributed by atoms with Gasteiger partial charge in [-0.2, -0.15) is 13.2 Å². The van der Waals surface area contributed by atoms with Crippen molar-refractivity contribution in [1.82, 2.24) is 14.8 Å². The highest BCUT2D eigenvalue weighted by atomic mass is 35.5. The van der Waals surface area contributed by atoms with Gasteiger partial charge in [-0.1, -0.05) is 23.4 Å². The van der Waals surface area contributed by atoms with Crippen LogP contribution in [0.2, 0.25) is 5.02 Å². The SMILES string of the molecule is Cc1nnc(S[C@H](C)C(=O)Nc2ccc(Cl)cc2C(F)(F)F)n1C. The topological polar surface area (TPSA) is 59.8 Å². The third-order valence-corrected chi connectivity index (χ3v) is 4.62. The summed E-state index contributed by atoms with van der Waals surface area (Å²) in [6.45, 7) is 3.33. The van der Waals surface area contributed by atoms with Crippen molar-refractivity contribution in [3.8, 4) is 0 Å². The average Bonchev–Trinajstić information content (AvgIpc) is 2.80. The normalized spacial score (nSPS) is 13.0. The molecule has 0 fully saturated rings. The highest BCUT2D eigenvalue weighted by Crippen LogP contribution is 2.36. The number of halogens is 4. The van der Waals surface area contributed by atoms with E-state index in [2.05, 4.69) is 15.5 Å². The largest absolute Gasteiger partial charge is 0.418 e. The van der Waals surface area contributed by atoms with E-state index in [1.54, 1.807) is 25.5 Å². The number of aromatic nitrogens is 3. The Bertz CT molecular complexity index is 763. The molecule has 0 saturated heterocycles. The third-order valence-electron chi connectivity index (χ3n) is 3.25. The van der Waals surface area contributed by atoms with Crippen molar-refractivity contribution in [1.29, 1.82) is 0 Å². The molecule has 0 radical (unpaired) electrons. The maximum absolute atomic E-state index is 13.0. The first-order valence-corrected chi connectivity index (χ1v) is 8.05. The van der Waals surface area contributed by atoms with Crippen LogP contribution in [0.4, 0.5) is 18.9 Å². The lowest BCUT2D eigenvalue weighted by molar-refractivity contribution is -0.137. The molecular formula is C14H14ClF3N4OS. The van der Waals surface area contributed by atoms with Crippen LogP contribution in [0.15, 0.2) is 23.4 Å². The third kappa shape index (κ3) is 4.21. The lowest BCUT2D eigenvalue weighted by Gasteiger charge is -2.16. The number of benzene rings is 1. The Labute approximate surface area is 145 Å². The molecule has 1 heterocycles. The Morgan fingerprint density at radius 3 is 2.58 bits per heavy atom. The lowest BCUT2D eigenvalue weighted by Crippen LogP contribution is -2.24. The Kier molecular flexibility index (Phi) is 5.44. The summed E-state index contributed by atoms with van der Waals surface area (Å²) in [4.78, 5) is 12.2. The van der Waals surface area contributed by atoms with Crippen LogP contribution < -0.4 is 5.32 Å². The van der Waals surface area contributed by atoms with Gasteiger partial charge in [0, 0.05) is 12.1 Å². The zero-order valence-electron chi connectivity index (χ0n) is 13.0. The van der Waals surface area contributed by atoms with Gasteiger partial charge in [0.1, 0.15) is 5.82 Å². The number of anilines is 1. The molecule has 1 aromatic heterocycles. The van der Waals surface area contributed by atoms with Crippen LogP contribution >= 0.6 is 23.4 Å². The Balaban J connectivity index is 2.16. The van der Waals surface area contributed by atoms with Gasteiger partial charge in [-0.3, -0.25) is 4.79 Å². The minimum Gasteiger partial charge on any atom is -0.325 e. The summed E-state index contributed by atoms with van der Waals surface area (Å²) in [6, 6.07) is 3.20. The second-order valence-corrected chi connectivity index (χ2v) is 6.77. The average molecular weight is 379 g/mol. The van der Waals surface area contributed by atoms with Gasteiger partial charge >= 0.3 is 6.18 Å². The molecule has 0 aliphatic heterocycles. The van der Waals surface area contributed by atoms with E-state index in [9.17, 15) is 18.0 Å². The molecule has 0 saturated carbocycles. The summed E-state index contributed by atoms with van der Waals surface area (Å²) < 4.78 is 40.8. The summed E-state index contributed by atoms with van der Waals surface area (Å²) in [5.41, 5.74) is -1.33. The summed E-state index contributed by atoms with van der Waals surface area (Å²) >= 11 is 6.72. The number of thioether (sulfide) groups is 1. The monoisotopic (exact) mass is 378 g/mol. The van der Waals surface area contributed by atoms with Crippen LogP contribution in [0.5, 0.6) is 0 Å². The van der Waals surface area contributed by atoms with Crippen LogP contribution in [0.3, 0.4) is 0 Å². The van der Waals surface area contributed by atoms with Crippen molar-refractivity contribution in [2.24, 2.45) is 7.05 Å². The molecule has 2 aromatic rings. The van der Waals surface area contributed by atoms with Crippen molar-refractivity contribution in [2.75, 3.05) is 5.32 Å². The van der Waals surface area contributed by atoms with Crippen molar-refractivity contribution in [3.63, 3.8) is 0 Å². The fraction of sp³-hybridized carbons (Fsp3) is 0.357. The molecule has 1 N–H and O–H groups in total. The maximum atomic E-state index is 13.0. The number of hydrogen-bond donors (Lipinski definition) is 1. The summed E-state index contributed by atoms with van der Waals surface area (Å²) in [5.74, 6) is 0.0932. The van der Waals surface area contributed by atoms with E-state index in [0.717, 1.165) is 23.9 Å². The van der Waals surface area contributed by atoms with Gasteiger partial charge in [-0.05, 0) is 32.0 Å². The quantitative estimate of drug-likeness (QED) is 0.819. The smallest absolute Gasteiger partial charge is 0.325 e. The number of amides is 1. The molecule has 5 nitrogen and oxygen atoms in total. The zero-order valence-corrected chi connectivity index (χ0v) is 14.6. The van der Waals surface area contributed by atoms with E-state index in [-0.39, 0.29) is 10.7 Å². The predicted molar refractivity (Wildman–Crippen MR) is 86.1 cm³/mol. The number of nitrogens with one attached hydrogen (secondary N) is 1. The van der Waals surface area contributed by atoms with Gasteiger partial charge in [0.15, 0.2) is 5.16 Å². The fourth-order valence-corrected chi connectivity index (χ4v) is 2.83. The number of carbonyl (C=O) groups is 1. The Hall–Kier alpha value is -1.74. The number of nitrogens with zero attached hydrogens (tertiary/aromatic N) is 3. The molecule has 0 bridgehead atoms. The number of carbonyl (C=O) groups excluding carboxylic acids is 1. The second kappa shape index (κ2) is 7.02. The van der Waals surface area contributed by atoms with E-state index < -0.39 is 22.9 Å². The maximum Gasteiger partial charge on any atom is 0.418 e. The van der Waals surface area contributed by atoms with Gasteiger partial charge in [0.25, 0.3) is 0 Å². The highest BCUT2D eigenvalue weighted by molar-refractivity contribution is 8.00. The van der Waals surface area contributed by atoms with Gasteiger partial charge < -0.3 is 9.88 Å². The van der Waals surface area contributed by atoms with Gasteiger partial charge in [-0.15, -0.1) is 10.2 Å². The number of aryl methyl sites for hydroxylation is 1. The molecule has 130 valence electrons. The van der Waals surface area contributed by atoms with E-state index in [4.69, 9.17) is 11.6 Å². The molecule has 1 aromatic carbocycles. The first-order chi connectivity index (χ1) is 11.1. The van der Waals surface area contributed by atoms with Crippen molar-refractivity contribution >= 4 is 35.0 Å². The second-order valence-electron chi connectivity index (χ2n) is 5.03. The molecule has 1 atom stereocenters. The van der Waals surface area contributed by atoms with Crippen molar-refractivity contribution in [3.05, 3.63) is 34.6 Å². The molecule has 2 rings (SSSR count). The standard InChI is InChI=1S/C14H14ClF3N4OS/c1-7(24-13-21-20-8(2)22(13)3)12(23)19-11-5-4-9(15)6-10(11)14(16,17)18/h4-7H,1-3H3,(H,19,23)/t7-/m1/s1. The van der Waals surface area contributed by atoms with Gasteiger partial charge in [0.05, 0.1) is 16.5 Å². The van der Waals surface area contributed by atoms with Crippen LogP contribution in [-0.2, 0) is 18.0 Å². The van der Waals surface area contributed by atoms with E-state index in [0.29, 0.717) is 11.0 Å². The minimum absolute atomic E-state index is 0.0580. The summed E-state index contributed by atoms with van der Waals surface area (Å²) in [7, 11) is 1.74. The van der Waals surface area contributed by atoms with Crippen LogP contribution in [0, 0.1) is 6.92 Å². The van der Waals surface area contributed by atoms with Crippen LogP contribution in [0.1, 0.15) is 18.3 Å². The van der Waals surface area contributed by atoms with Crippen LogP contribution in [-0.4, -0.2) is 25.9 Å². The first-order valence-electron chi connectivity index (χ1n) is 6.80. The zero-order chi connectivity index (χ0) is 18.1. The Morgan fingerprint density at radius 2 is 2.04 bits per heavy atom. The molecule has 10 heteroatoms. The molecule has 0 aliphatic carbocycles. The Morgan fingerprint density at radius 1 is 1.38 bits per heavy atom. The summed E-state index contributed by atoms with van der Waals surface area (Å²) in [6.07, 6.45) is -4.62. The van der Waals surface area contributed by atoms with Gasteiger partial charge in [0.2, 0.25) is 5.91 Å². The molecule has 0 spiro atoms. The molecule has 0 aliphatic rings. The highest BCUT2D eigenvalue weighted by Gasteiger charge is 2.34. The fourth-order valence-electron chi connectivity index (χ4n) is 1.80. The molecular weight excluding hydrogens is 365 g/mol. The number of alkyl halides is 3. The lowest BCUT2D eigenvalue weighted by atomic mass is 10.1. The van der Waals surface area contributed by atoms with E-state index in [1.807, 2.05) is 0 Å². The van der Waals surface area contributed by atoms with E-state index >= 15 is 0 Å². The van der Waals surface area contributed by atoms with Gasteiger partial charge in [-0.25, -0.2) is 0 Å². The number of rotatable bonds is 4. The van der Waals surface area contributed by atoms with Crippen molar-refractivity contribution in [2.45, 2.75) is 30.4 Å². The molecule has 1 amide bonds. The summed E-state index contributed by atoms with van der Waals surface area (Å²) in [5, 5.41) is 9.85. The van der Waals surface area contributed by atoms with E-state index in [1.165, 1.54) is 6.07 Å². The minimum atomic E-state index is -4.62. The van der Waals surface area contributed by atoms with Crippen molar-refractivity contribution < 1.29 is 18.0 Å². The molecule has 0 unspecified atom stereocenters. The number of hydrogen-bond acceptors (Lipinski definition) is 4. The van der Waals surface area contributed by atoms with Crippen LogP contribution in [0.25, 0.3) is 0 Å². The molecule has 24 heavy (non-hydrogen) atoms.